The fourth-order valence-electron chi connectivity index (χ4n) is 3.32. The van der Waals surface area contributed by atoms with Gasteiger partial charge in [-0.3, -0.25) is 0 Å². The molecule has 0 unspecified atom stereocenters. The summed E-state index contributed by atoms with van der Waals surface area (Å²) < 4.78 is 2.39. The molecule has 0 atom stereocenters. The number of aliphatic hydroxyl groups excluding tert-OH is 1. The third kappa shape index (κ3) is 2.31. The molecule has 0 spiro atoms. The number of hydrogen-bond donors (Lipinski definition) is 2. The van der Waals surface area contributed by atoms with Gasteiger partial charge in [0.15, 0.2) is 0 Å². The number of piperidine rings is 1. The van der Waals surface area contributed by atoms with E-state index < -0.39 is 0 Å². The van der Waals surface area contributed by atoms with Gasteiger partial charge in [0.05, 0.1) is 12.3 Å². The van der Waals surface area contributed by atoms with E-state index >= 15 is 0 Å². The van der Waals surface area contributed by atoms with Gasteiger partial charge in [-0.15, -0.1) is 0 Å². The molecule has 4 heteroatoms. The standard InChI is InChI=1S/C14H23N3O/c18-10-12-13-3-1-2-8-17(13)14(16-12)9-11-4-6-15-7-5-11/h11,15,18H,1-10H2. The topological polar surface area (TPSA) is 50.1 Å². The molecule has 1 aromatic rings. The van der Waals surface area contributed by atoms with Crippen molar-refractivity contribution in [3.8, 4) is 0 Å². The van der Waals surface area contributed by atoms with E-state index in [0.29, 0.717) is 0 Å². The van der Waals surface area contributed by atoms with Crippen LogP contribution in [-0.2, 0) is 26.0 Å². The maximum absolute atomic E-state index is 9.43. The number of aromatic nitrogens is 2. The maximum Gasteiger partial charge on any atom is 0.109 e. The third-order valence-corrected chi connectivity index (χ3v) is 4.36. The van der Waals surface area contributed by atoms with Crippen LogP contribution in [0.25, 0.3) is 0 Å². The normalized spacial score (nSPS) is 20.9. The predicted octanol–water partition coefficient (Wildman–Crippen LogP) is 1.25. The third-order valence-electron chi connectivity index (χ3n) is 4.36. The molecule has 4 nitrogen and oxygen atoms in total. The first-order chi connectivity index (χ1) is 8.88. The van der Waals surface area contributed by atoms with Crippen molar-refractivity contribution < 1.29 is 5.11 Å². The van der Waals surface area contributed by atoms with E-state index in [1.54, 1.807) is 0 Å². The van der Waals surface area contributed by atoms with Crippen LogP contribution in [0.2, 0.25) is 0 Å². The number of nitrogens with zero attached hydrogens (tertiary/aromatic N) is 2. The Morgan fingerprint density at radius 2 is 2.11 bits per heavy atom. The summed E-state index contributed by atoms with van der Waals surface area (Å²) in [6.07, 6.45) is 7.20. The number of imidazole rings is 1. The Bertz CT molecular complexity index is 407. The first kappa shape index (κ1) is 12.2. The molecule has 0 radical (unpaired) electrons. The summed E-state index contributed by atoms with van der Waals surface area (Å²) in [7, 11) is 0. The van der Waals surface area contributed by atoms with Gasteiger partial charge in [-0.2, -0.15) is 0 Å². The second kappa shape index (κ2) is 5.41. The summed E-state index contributed by atoms with van der Waals surface area (Å²) >= 11 is 0. The fraction of sp³-hybridized carbons (Fsp3) is 0.786. The lowest BCUT2D eigenvalue weighted by Gasteiger charge is -2.23. The van der Waals surface area contributed by atoms with E-state index in [9.17, 15) is 5.11 Å². The average molecular weight is 249 g/mol. The number of nitrogens with one attached hydrogen (secondary N) is 1. The van der Waals surface area contributed by atoms with E-state index in [2.05, 4.69) is 9.88 Å². The SMILES string of the molecule is OCc1nc(CC2CCNCC2)n2c1CCCC2. The molecule has 0 saturated carbocycles. The van der Waals surface area contributed by atoms with Gasteiger partial charge in [0.1, 0.15) is 5.82 Å². The first-order valence-corrected chi connectivity index (χ1v) is 7.27. The van der Waals surface area contributed by atoms with Crippen LogP contribution in [0.3, 0.4) is 0 Å². The minimum absolute atomic E-state index is 0.0988. The molecular formula is C14H23N3O. The van der Waals surface area contributed by atoms with Gasteiger partial charge in [-0.1, -0.05) is 0 Å². The molecule has 0 bridgehead atoms. The van der Waals surface area contributed by atoms with Crippen molar-refractivity contribution in [2.75, 3.05) is 13.1 Å². The lowest BCUT2D eigenvalue weighted by molar-refractivity contribution is 0.275. The Balaban J connectivity index is 1.80. The minimum atomic E-state index is 0.0988. The second-order valence-electron chi connectivity index (χ2n) is 5.59. The van der Waals surface area contributed by atoms with Crippen molar-refractivity contribution in [2.45, 2.75) is 51.7 Å². The van der Waals surface area contributed by atoms with Crippen molar-refractivity contribution in [1.82, 2.24) is 14.9 Å². The summed E-state index contributed by atoms with van der Waals surface area (Å²) in [5.41, 5.74) is 2.23. The van der Waals surface area contributed by atoms with Crippen molar-refractivity contribution in [1.29, 1.82) is 0 Å². The molecular weight excluding hydrogens is 226 g/mol. The highest BCUT2D eigenvalue weighted by molar-refractivity contribution is 5.19. The summed E-state index contributed by atoms with van der Waals surface area (Å²) in [5, 5.41) is 12.8. The fourth-order valence-corrected chi connectivity index (χ4v) is 3.32. The van der Waals surface area contributed by atoms with Crippen LogP contribution in [0.1, 0.15) is 42.9 Å². The van der Waals surface area contributed by atoms with Crippen molar-refractivity contribution in [3.05, 3.63) is 17.2 Å². The lowest BCUT2D eigenvalue weighted by Crippen LogP contribution is -2.29. The van der Waals surface area contributed by atoms with Gasteiger partial charge >= 0.3 is 0 Å². The molecule has 2 aliphatic heterocycles. The summed E-state index contributed by atoms with van der Waals surface area (Å²) in [6.45, 7) is 3.49. The highest BCUT2D eigenvalue weighted by atomic mass is 16.3. The largest absolute Gasteiger partial charge is 0.390 e. The van der Waals surface area contributed by atoms with E-state index in [-0.39, 0.29) is 6.61 Å². The number of hydrogen-bond acceptors (Lipinski definition) is 3. The molecule has 0 amide bonds. The Kier molecular flexibility index (Phi) is 3.66. The Morgan fingerprint density at radius 1 is 1.28 bits per heavy atom. The number of fused-ring (bicyclic) bond motifs is 1. The Hall–Kier alpha value is -0.870. The molecule has 1 aromatic heterocycles. The number of rotatable bonds is 3. The molecule has 1 saturated heterocycles. The zero-order valence-corrected chi connectivity index (χ0v) is 11.0. The van der Waals surface area contributed by atoms with Crippen LogP contribution in [-0.4, -0.2) is 27.7 Å². The highest BCUT2D eigenvalue weighted by Gasteiger charge is 2.22. The lowest BCUT2D eigenvalue weighted by atomic mass is 9.94. The summed E-state index contributed by atoms with van der Waals surface area (Å²) in [4.78, 5) is 4.70. The van der Waals surface area contributed by atoms with Gasteiger partial charge in [0, 0.05) is 18.7 Å². The van der Waals surface area contributed by atoms with E-state index in [1.165, 1.54) is 37.2 Å². The Labute approximate surface area is 108 Å². The van der Waals surface area contributed by atoms with Gasteiger partial charge < -0.3 is 15.0 Å². The van der Waals surface area contributed by atoms with Gasteiger partial charge in [-0.25, -0.2) is 4.98 Å². The van der Waals surface area contributed by atoms with Crippen LogP contribution in [0.5, 0.6) is 0 Å². The summed E-state index contributed by atoms with van der Waals surface area (Å²) in [6, 6.07) is 0. The molecule has 100 valence electrons. The van der Waals surface area contributed by atoms with E-state index in [4.69, 9.17) is 4.98 Å². The average Bonchev–Trinajstić information content (AvgIpc) is 2.78. The molecule has 3 rings (SSSR count). The van der Waals surface area contributed by atoms with Gasteiger partial charge in [0.2, 0.25) is 0 Å². The maximum atomic E-state index is 9.43. The van der Waals surface area contributed by atoms with E-state index in [1.807, 2.05) is 0 Å². The van der Waals surface area contributed by atoms with Crippen molar-refractivity contribution in [3.63, 3.8) is 0 Å². The molecule has 3 heterocycles. The van der Waals surface area contributed by atoms with Crippen LogP contribution < -0.4 is 5.32 Å². The smallest absolute Gasteiger partial charge is 0.109 e. The zero-order valence-electron chi connectivity index (χ0n) is 11.0. The quantitative estimate of drug-likeness (QED) is 0.848. The zero-order chi connectivity index (χ0) is 12.4. The second-order valence-corrected chi connectivity index (χ2v) is 5.59. The monoisotopic (exact) mass is 249 g/mol. The molecule has 18 heavy (non-hydrogen) atoms. The van der Waals surface area contributed by atoms with Crippen LogP contribution in [0.4, 0.5) is 0 Å². The van der Waals surface area contributed by atoms with Gasteiger partial charge in [-0.05, 0) is 51.1 Å². The minimum Gasteiger partial charge on any atom is -0.390 e. The van der Waals surface area contributed by atoms with Crippen LogP contribution in [0.15, 0.2) is 0 Å². The Morgan fingerprint density at radius 3 is 2.89 bits per heavy atom. The predicted molar refractivity (Wildman–Crippen MR) is 70.4 cm³/mol. The van der Waals surface area contributed by atoms with Crippen LogP contribution >= 0.6 is 0 Å². The summed E-state index contributed by atoms with van der Waals surface area (Å²) in [5.74, 6) is 1.99. The number of aliphatic hydroxyl groups is 1. The van der Waals surface area contributed by atoms with Crippen molar-refractivity contribution >= 4 is 0 Å². The first-order valence-electron chi connectivity index (χ1n) is 7.27. The van der Waals surface area contributed by atoms with Crippen LogP contribution in [0, 0.1) is 5.92 Å². The van der Waals surface area contributed by atoms with Crippen molar-refractivity contribution in [2.24, 2.45) is 5.92 Å². The van der Waals surface area contributed by atoms with Gasteiger partial charge in [0.25, 0.3) is 0 Å². The molecule has 1 fully saturated rings. The molecule has 0 aliphatic carbocycles. The molecule has 2 N–H and O–H groups in total. The highest BCUT2D eigenvalue weighted by Crippen LogP contribution is 2.24. The molecule has 0 aromatic carbocycles. The molecule has 2 aliphatic rings. The van der Waals surface area contributed by atoms with E-state index in [0.717, 1.165) is 44.1 Å².